The fourth-order valence-corrected chi connectivity index (χ4v) is 2.00. The zero-order chi connectivity index (χ0) is 14.5. The van der Waals surface area contributed by atoms with Crippen molar-refractivity contribution < 1.29 is 24.2 Å². The molecule has 1 aromatic carbocycles. The molecule has 108 valence electrons. The first-order chi connectivity index (χ1) is 9.58. The van der Waals surface area contributed by atoms with Gasteiger partial charge in [-0.25, -0.2) is 4.79 Å². The van der Waals surface area contributed by atoms with Gasteiger partial charge in [0.15, 0.2) is 6.61 Å². The third-order valence-electron chi connectivity index (χ3n) is 2.89. The molecule has 1 saturated heterocycles. The monoisotopic (exact) mass is 299 g/mol. The number of carbonyl (C=O) groups excluding carboxylic acids is 1. The molecule has 1 amide bonds. The summed E-state index contributed by atoms with van der Waals surface area (Å²) in [6, 6.07) is 4.19. The van der Waals surface area contributed by atoms with E-state index < -0.39 is 5.97 Å². The highest BCUT2D eigenvalue weighted by Gasteiger charge is 2.19. The summed E-state index contributed by atoms with van der Waals surface area (Å²) in [7, 11) is 0. The van der Waals surface area contributed by atoms with Gasteiger partial charge < -0.3 is 19.5 Å². The third-order valence-corrected chi connectivity index (χ3v) is 3.12. The Labute approximate surface area is 120 Å². The fourth-order valence-electron chi connectivity index (χ4n) is 1.84. The molecular formula is C13H14ClNO5. The summed E-state index contributed by atoms with van der Waals surface area (Å²) >= 11 is 5.80. The van der Waals surface area contributed by atoms with E-state index in [2.05, 4.69) is 0 Å². The van der Waals surface area contributed by atoms with Crippen LogP contribution in [0.1, 0.15) is 10.4 Å². The van der Waals surface area contributed by atoms with Crippen LogP contribution in [0.3, 0.4) is 0 Å². The lowest BCUT2D eigenvalue weighted by molar-refractivity contribution is -0.137. The highest BCUT2D eigenvalue weighted by Crippen LogP contribution is 2.23. The Morgan fingerprint density at radius 3 is 2.70 bits per heavy atom. The van der Waals surface area contributed by atoms with Crippen molar-refractivity contribution in [1.29, 1.82) is 0 Å². The minimum atomic E-state index is -1.13. The maximum atomic E-state index is 11.9. The molecule has 0 unspecified atom stereocenters. The molecule has 1 aromatic rings. The van der Waals surface area contributed by atoms with Crippen molar-refractivity contribution in [3.8, 4) is 5.75 Å². The van der Waals surface area contributed by atoms with Gasteiger partial charge in [-0.1, -0.05) is 11.6 Å². The van der Waals surface area contributed by atoms with Crippen molar-refractivity contribution in [3.63, 3.8) is 0 Å². The van der Waals surface area contributed by atoms with Gasteiger partial charge in [0.05, 0.1) is 13.2 Å². The van der Waals surface area contributed by atoms with Crippen molar-refractivity contribution in [2.24, 2.45) is 0 Å². The number of carboxylic acids is 1. The third kappa shape index (κ3) is 3.61. The Hall–Kier alpha value is -1.79. The number of ether oxygens (including phenoxy) is 2. The van der Waals surface area contributed by atoms with Gasteiger partial charge in [-0.3, -0.25) is 4.79 Å². The van der Waals surface area contributed by atoms with E-state index >= 15 is 0 Å². The highest BCUT2D eigenvalue weighted by molar-refractivity contribution is 6.30. The van der Waals surface area contributed by atoms with E-state index in [0.717, 1.165) is 0 Å². The van der Waals surface area contributed by atoms with E-state index in [1.807, 2.05) is 0 Å². The fraction of sp³-hybridized carbons (Fsp3) is 0.385. The van der Waals surface area contributed by atoms with Crippen molar-refractivity contribution >= 4 is 23.5 Å². The summed E-state index contributed by atoms with van der Waals surface area (Å²) in [4.78, 5) is 24.6. The number of benzene rings is 1. The predicted molar refractivity (Wildman–Crippen MR) is 71.3 cm³/mol. The molecule has 0 saturated carbocycles. The van der Waals surface area contributed by atoms with Crippen LogP contribution >= 0.6 is 11.6 Å². The Morgan fingerprint density at radius 1 is 1.35 bits per heavy atom. The SMILES string of the molecule is O=C(O)c1ccc(Cl)cc1OCC(=O)N1CCOCC1. The number of aromatic carboxylic acids is 1. The van der Waals surface area contributed by atoms with Crippen LogP contribution in [0, 0.1) is 0 Å². The highest BCUT2D eigenvalue weighted by atomic mass is 35.5. The number of morpholine rings is 1. The van der Waals surface area contributed by atoms with Crippen LogP contribution in [0.15, 0.2) is 18.2 Å². The van der Waals surface area contributed by atoms with Gasteiger partial charge in [0.1, 0.15) is 11.3 Å². The molecule has 0 aliphatic carbocycles. The van der Waals surface area contributed by atoms with Gasteiger partial charge in [-0.15, -0.1) is 0 Å². The van der Waals surface area contributed by atoms with E-state index in [1.54, 1.807) is 4.90 Å². The van der Waals surface area contributed by atoms with Gasteiger partial charge in [0.2, 0.25) is 0 Å². The Bertz CT molecular complexity index is 513. The molecule has 1 aliphatic rings. The number of carboxylic acid groups (broad SMARTS) is 1. The second kappa shape index (κ2) is 6.58. The van der Waals surface area contributed by atoms with Crippen LogP contribution in [0.2, 0.25) is 5.02 Å². The van der Waals surface area contributed by atoms with Gasteiger partial charge in [-0.05, 0) is 18.2 Å². The maximum absolute atomic E-state index is 11.9. The number of carbonyl (C=O) groups is 2. The molecule has 1 N–H and O–H groups in total. The van der Waals surface area contributed by atoms with Gasteiger partial charge in [0, 0.05) is 18.1 Å². The van der Waals surface area contributed by atoms with Crippen molar-refractivity contribution in [1.82, 2.24) is 4.90 Å². The van der Waals surface area contributed by atoms with Crippen molar-refractivity contribution in [2.75, 3.05) is 32.9 Å². The quantitative estimate of drug-likeness (QED) is 0.906. The van der Waals surface area contributed by atoms with Crippen molar-refractivity contribution in [3.05, 3.63) is 28.8 Å². The molecule has 0 radical (unpaired) electrons. The minimum absolute atomic E-state index is 0.0239. The number of hydrogen-bond donors (Lipinski definition) is 1. The molecule has 0 atom stereocenters. The van der Waals surface area contributed by atoms with Crippen LogP contribution in [0.25, 0.3) is 0 Å². The van der Waals surface area contributed by atoms with Gasteiger partial charge >= 0.3 is 5.97 Å². The normalized spacial score (nSPS) is 14.9. The molecule has 1 heterocycles. The van der Waals surface area contributed by atoms with E-state index in [-0.39, 0.29) is 23.8 Å². The second-order valence-electron chi connectivity index (χ2n) is 4.23. The zero-order valence-electron chi connectivity index (χ0n) is 10.7. The molecule has 2 rings (SSSR count). The first-order valence-electron chi connectivity index (χ1n) is 6.09. The maximum Gasteiger partial charge on any atom is 0.339 e. The van der Waals surface area contributed by atoms with Crippen LogP contribution < -0.4 is 4.74 Å². The molecule has 0 spiro atoms. The first kappa shape index (κ1) is 14.6. The molecule has 1 fully saturated rings. The summed E-state index contributed by atoms with van der Waals surface area (Å²) in [6.07, 6.45) is 0. The standard InChI is InChI=1S/C13H14ClNO5/c14-9-1-2-10(13(17)18)11(7-9)20-8-12(16)15-3-5-19-6-4-15/h1-2,7H,3-6,8H2,(H,17,18). The van der Waals surface area contributed by atoms with E-state index in [4.69, 9.17) is 26.2 Å². The molecular weight excluding hydrogens is 286 g/mol. The largest absolute Gasteiger partial charge is 0.483 e. The Kier molecular flexibility index (Phi) is 4.81. The molecule has 1 aliphatic heterocycles. The predicted octanol–water partition coefficient (Wildman–Crippen LogP) is 1.28. The van der Waals surface area contributed by atoms with Gasteiger partial charge in [0.25, 0.3) is 5.91 Å². The number of nitrogens with zero attached hydrogens (tertiary/aromatic N) is 1. The van der Waals surface area contributed by atoms with Crippen LogP contribution in [-0.4, -0.2) is 54.8 Å². The van der Waals surface area contributed by atoms with Crippen LogP contribution in [0.4, 0.5) is 0 Å². The van der Waals surface area contributed by atoms with Crippen LogP contribution in [-0.2, 0) is 9.53 Å². The number of rotatable bonds is 4. The number of amides is 1. The average molecular weight is 300 g/mol. The molecule has 20 heavy (non-hydrogen) atoms. The lowest BCUT2D eigenvalue weighted by Gasteiger charge is -2.26. The summed E-state index contributed by atoms with van der Waals surface area (Å²) in [5, 5.41) is 9.39. The van der Waals surface area contributed by atoms with E-state index in [1.165, 1.54) is 18.2 Å². The molecule has 0 bridgehead atoms. The summed E-state index contributed by atoms with van der Waals surface area (Å²) in [5.74, 6) is -1.24. The second-order valence-corrected chi connectivity index (χ2v) is 4.66. The Morgan fingerprint density at radius 2 is 2.05 bits per heavy atom. The number of hydrogen-bond acceptors (Lipinski definition) is 4. The smallest absolute Gasteiger partial charge is 0.339 e. The van der Waals surface area contributed by atoms with Crippen LogP contribution in [0.5, 0.6) is 5.75 Å². The average Bonchev–Trinajstić information content (AvgIpc) is 2.45. The Balaban J connectivity index is 2.01. The molecule has 7 heteroatoms. The molecule has 6 nitrogen and oxygen atoms in total. The lowest BCUT2D eigenvalue weighted by Crippen LogP contribution is -2.43. The van der Waals surface area contributed by atoms with E-state index in [9.17, 15) is 9.59 Å². The van der Waals surface area contributed by atoms with E-state index in [0.29, 0.717) is 31.3 Å². The zero-order valence-corrected chi connectivity index (χ0v) is 11.4. The summed E-state index contributed by atoms with van der Waals surface area (Å²) in [6.45, 7) is 1.82. The topological polar surface area (TPSA) is 76.1 Å². The summed E-state index contributed by atoms with van der Waals surface area (Å²) < 4.78 is 10.4. The van der Waals surface area contributed by atoms with Gasteiger partial charge in [-0.2, -0.15) is 0 Å². The summed E-state index contributed by atoms with van der Waals surface area (Å²) in [5.41, 5.74) is -0.0239. The lowest BCUT2D eigenvalue weighted by atomic mass is 10.2. The minimum Gasteiger partial charge on any atom is -0.483 e. The molecule has 0 aromatic heterocycles. The van der Waals surface area contributed by atoms with Crippen molar-refractivity contribution in [2.45, 2.75) is 0 Å². The number of halogens is 1. The first-order valence-corrected chi connectivity index (χ1v) is 6.47.